The van der Waals surface area contributed by atoms with E-state index in [1.807, 2.05) is 0 Å². The van der Waals surface area contributed by atoms with E-state index in [0.29, 0.717) is 0 Å². The van der Waals surface area contributed by atoms with Crippen molar-refractivity contribution in [2.24, 2.45) is 0 Å². The van der Waals surface area contributed by atoms with Gasteiger partial charge in [0.1, 0.15) is 0 Å². The predicted molar refractivity (Wildman–Crippen MR) is 48.8 cm³/mol. The maximum absolute atomic E-state index is 4.75. The molecule has 55 valence electrons. The fraction of sp³-hybridized carbons (Fsp3) is 1.00. The fourth-order valence-electron chi connectivity index (χ4n) is 0.765. The Bertz CT molecular complexity index is 40.2. The molecule has 0 aliphatic carbocycles. The highest BCUT2D eigenvalue weighted by atomic mass is 33.1. The number of hydrogen-bond donors (Lipinski definition) is 0. The maximum Gasteiger partial charge on any atom is 0.00454 e. The van der Waals surface area contributed by atoms with Crippen LogP contribution in [0.4, 0.5) is 0 Å². The van der Waals surface area contributed by atoms with Gasteiger partial charge in [-0.3, -0.25) is 0 Å². The van der Waals surface area contributed by atoms with Crippen LogP contribution in [0.2, 0.25) is 0 Å². The van der Waals surface area contributed by atoms with E-state index in [1.54, 1.807) is 10.8 Å². The molecule has 0 fully saturated rings. The summed E-state index contributed by atoms with van der Waals surface area (Å²) in [5, 5.41) is 0. The zero-order valence-electron chi connectivity index (χ0n) is 6.06. The molecule has 0 rings (SSSR count). The minimum absolute atomic E-state index is 1.17. The van der Waals surface area contributed by atoms with E-state index in [0.717, 1.165) is 0 Å². The van der Waals surface area contributed by atoms with Crippen LogP contribution in [-0.2, 0) is 0 Å². The second kappa shape index (κ2) is 8.70. The van der Waals surface area contributed by atoms with E-state index in [4.69, 9.17) is 11.7 Å². The Balaban J connectivity index is 2.60. The molecule has 0 bridgehead atoms. The summed E-state index contributed by atoms with van der Waals surface area (Å²) in [5.41, 5.74) is 0. The fourth-order valence-corrected chi connectivity index (χ4v) is 1.44. The third-order valence-electron chi connectivity index (χ3n) is 1.33. The molecular formula is C7H15S2. The summed E-state index contributed by atoms with van der Waals surface area (Å²) in [6.45, 7) is 2.24. The Hall–Kier alpha value is 0.700. The SMILES string of the molecule is CCCCCCCS[S]. The molecule has 0 spiro atoms. The van der Waals surface area contributed by atoms with Crippen LogP contribution in [0.25, 0.3) is 0 Å². The summed E-state index contributed by atoms with van der Waals surface area (Å²) in [4.78, 5) is 0. The number of rotatable bonds is 6. The Labute approximate surface area is 67.6 Å². The number of unbranched alkanes of at least 4 members (excludes halogenated alkanes) is 4. The van der Waals surface area contributed by atoms with Crippen molar-refractivity contribution in [1.82, 2.24) is 0 Å². The molecule has 0 saturated carbocycles. The van der Waals surface area contributed by atoms with Gasteiger partial charge in [-0.2, -0.15) is 0 Å². The topological polar surface area (TPSA) is 0 Å². The van der Waals surface area contributed by atoms with Crippen LogP contribution in [0.15, 0.2) is 0 Å². The third kappa shape index (κ3) is 8.70. The average Bonchev–Trinajstić information content (AvgIpc) is 1.89. The first-order valence-electron chi connectivity index (χ1n) is 3.66. The van der Waals surface area contributed by atoms with Gasteiger partial charge in [0.15, 0.2) is 0 Å². The van der Waals surface area contributed by atoms with E-state index in [2.05, 4.69) is 6.92 Å². The summed E-state index contributed by atoms with van der Waals surface area (Å²) in [5.74, 6) is 1.17. The first-order chi connectivity index (χ1) is 4.41. The van der Waals surface area contributed by atoms with Gasteiger partial charge in [-0.1, -0.05) is 43.4 Å². The quantitative estimate of drug-likeness (QED) is 0.424. The molecule has 0 aromatic rings. The zero-order valence-corrected chi connectivity index (χ0v) is 7.69. The predicted octanol–water partition coefficient (Wildman–Crippen LogP) is 3.80. The van der Waals surface area contributed by atoms with Crippen LogP contribution in [0.5, 0.6) is 0 Å². The average molecular weight is 163 g/mol. The lowest BCUT2D eigenvalue weighted by atomic mass is 10.2. The molecule has 9 heavy (non-hydrogen) atoms. The lowest BCUT2D eigenvalue weighted by Gasteiger charge is -1.95. The van der Waals surface area contributed by atoms with Crippen molar-refractivity contribution in [2.75, 3.05) is 5.75 Å². The van der Waals surface area contributed by atoms with Gasteiger partial charge in [0.2, 0.25) is 0 Å². The summed E-state index contributed by atoms with van der Waals surface area (Å²) in [7, 11) is 1.54. The third-order valence-corrected chi connectivity index (χ3v) is 2.29. The van der Waals surface area contributed by atoms with Gasteiger partial charge in [-0.15, -0.1) is 0 Å². The van der Waals surface area contributed by atoms with E-state index in [9.17, 15) is 0 Å². The van der Waals surface area contributed by atoms with Gasteiger partial charge in [0, 0.05) is 5.75 Å². The molecule has 0 aliphatic heterocycles. The Morgan fingerprint density at radius 2 is 1.78 bits per heavy atom. The molecule has 0 unspecified atom stereocenters. The minimum atomic E-state index is 1.17. The van der Waals surface area contributed by atoms with E-state index in [-0.39, 0.29) is 0 Å². The molecule has 0 aromatic carbocycles. The first-order valence-corrected chi connectivity index (χ1v) is 5.57. The minimum Gasteiger partial charge on any atom is -0.0817 e. The van der Waals surface area contributed by atoms with E-state index < -0.39 is 0 Å². The molecule has 0 atom stereocenters. The summed E-state index contributed by atoms with van der Waals surface area (Å²) >= 11 is 4.75. The Morgan fingerprint density at radius 3 is 2.33 bits per heavy atom. The molecule has 0 nitrogen and oxygen atoms in total. The van der Waals surface area contributed by atoms with E-state index in [1.165, 1.54) is 37.9 Å². The molecule has 0 amide bonds. The van der Waals surface area contributed by atoms with Crippen molar-refractivity contribution in [2.45, 2.75) is 39.0 Å². The van der Waals surface area contributed by atoms with Crippen LogP contribution in [0.3, 0.4) is 0 Å². The number of hydrogen-bond acceptors (Lipinski definition) is 1. The Morgan fingerprint density at radius 1 is 1.11 bits per heavy atom. The van der Waals surface area contributed by atoms with Crippen molar-refractivity contribution in [1.29, 1.82) is 0 Å². The summed E-state index contributed by atoms with van der Waals surface area (Å²) in [6, 6.07) is 0. The largest absolute Gasteiger partial charge is 0.0817 e. The van der Waals surface area contributed by atoms with Crippen LogP contribution >= 0.6 is 22.5 Å². The highest BCUT2D eigenvalue weighted by Gasteiger charge is 1.86. The molecule has 0 aromatic heterocycles. The highest BCUT2D eigenvalue weighted by molar-refractivity contribution is 8.68. The molecule has 2 heteroatoms. The molecular weight excluding hydrogens is 148 g/mol. The highest BCUT2D eigenvalue weighted by Crippen LogP contribution is 2.10. The van der Waals surface area contributed by atoms with Gasteiger partial charge < -0.3 is 0 Å². The van der Waals surface area contributed by atoms with Crippen LogP contribution in [0.1, 0.15) is 39.0 Å². The standard InChI is InChI=1S/C7H15S2/c1-2-3-4-5-6-7-9-8/h2-7H2,1H3. The molecule has 0 aliphatic rings. The van der Waals surface area contributed by atoms with Crippen LogP contribution in [0, 0.1) is 0 Å². The lowest BCUT2D eigenvalue weighted by molar-refractivity contribution is 0.660. The van der Waals surface area contributed by atoms with Gasteiger partial charge in [0.05, 0.1) is 0 Å². The van der Waals surface area contributed by atoms with Gasteiger partial charge in [-0.05, 0) is 18.1 Å². The summed E-state index contributed by atoms with van der Waals surface area (Å²) in [6.07, 6.45) is 6.81. The zero-order chi connectivity index (χ0) is 6.95. The van der Waals surface area contributed by atoms with Crippen molar-refractivity contribution >= 4 is 22.5 Å². The van der Waals surface area contributed by atoms with Gasteiger partial charge in [-0.25, -0.2) is 0 Å². The van der Waals surface area contributed by atoms with Gasteiger partial charge >= 0.3 is 0 Å². The molecule has 0 saturated heterocycles. The van der Waals surface area contributed by atoms with Crippen molar-refractivity contribution < 1.29 is 0 Å². The van der Waals surface area contributed by atoms with Crippen molar-refractivity contribution in [3.8, 4) is 0 Å². The van der Waals surface area contributed by atoms with Crippen molar-refractivity contribution in [3.05, 3.63) is 0 Å². The normalized spacial score (nSPS) is 10.0. The monoisotopic (exact) mass is 163 g/mol. The van der Waals surface area contributed by atoms with Gasteiger partial charge in [0.25, 0.3) is 0 Å². The summed E-state index contributed by atoms with van der Waals surface area (Å²) < 4.78 is 0. The molecule has 0 heterocycles. The second-order valence-electron chi connectivity index (χ2n) is 2.24. The molecule has 1 radical (unpaired) electrons. The molecule has 0 N–H and O–H groups in total. The second-order valence-corrected chi connectivity index (χ2v) is 3.59. The van der Waals surface area contributed by atoms with Crippen LogP contribution in [-0.4, -0.2) is 5.75 Å². The van der Waals surface area contributed by atoms with Crippen LogP contribution < -0.4 is 0 Å². The lowest BCUT2D eigenvalue weighted by Crippen LogP contribution is -1.78. The Kier molecular flexibility index (Phi) is 9.38. The first kappa shape index (κ1) is 9.70. The van der Waals surface area contributed by atoms with Crippen molar-refractivity contribution in [3.63, 3.8) is 0 Å². The van der Waals surface area contributed by atoms with E-state index >= 15 is 0 Å². The smallest absolute Gasteiger partial charge is 0.00454 e. The maximum atomic E-state index is 4.75.